The predicted molar refractivity (Wildman–Crippen MR) is 79.1 cm³/mol. The zero-order valence-electron chi connectivity index (χ0n) is 11.8. The maximum atomic E-state index is 12.4. The standard InChI is InChI=1S/C16H22N2O2/c19-14-7-6-13-5-4-10-18(15(13)11-14)12-16(20)17-8-2-1-3-9-17/h6-7,11,19H,1-5,8-10,12H2. The fourth-order valence-corrected chi connectivity index (χ4v) is 3.21. The number of hydrogen-bond acceptors (Lipinski definition) is 3. The normalized spacial score (nSPS) is 18.8. The van der Waals surface area contributed by atoms with E-state index in [1.807, 2.05) is 11.0 Å². The summed E-state index contributed by atoms with van der Waals surface area (Å²) < 4.78 is 0. The molecule has 1 saturated heterocycles. The molecule has 0 spiro atoms. The Balaban J connectivity index is 1.72. The van der Waals surface area contributed by atoms with Gasteiger partial charge >= 0.3 is 0 Å². The van der Waals surface area contributed by atoms with Gasteiger partial charge in [0.1, 0.15) is 5.75 Å². The smallest absolute Gasteiger partial charge is 0.242 e. The van der Waals surface area contributed by atoms with Crippen molar-refractivity contribution in [2.75, 3.05) is 31.1 Å². The first kappa shape index (κ1) is 13.3. The van der Waals surface area contributed by atoms with Crippen LogP contribution in [0, 0.1) is 0 Å². The van der Waals surface area contributed by atoms with Gasteiger partial charge in [-0.3, -0.25) is 4.79 Å². The summed E-state index contributed by atoms with van der Waals surface area (Å²) in [6, 6.07) is 5.50. The van der Waals surface area contributed by atoms with Crippen LogP contribution in [-0.2, 0) is 11.2 Å². The molecule has 3 rings (SSSR count). The number of carbonyl (C=O) groups is 1. The van der Waals surface area contributed by atoms with Crippen molar-refractivity contribution in [3.63, 3.8) is 0 Å². The Morgan fingerprint density at radius 1 is 1.10 bits per heavy atom. The minimum Gasteiger partial charge on any atom is -0.508 e. The van der Waals surface area contributed by atoms with Crippen molar-refractivity contribution in [1.29, 1.82) is 0 Å². The molecule has 0 atom stereocenters. The number of hydrogen-bond donors (Lipinski definition) is 1. The number of aryl methyl sites for hydroxylation is 1. The first-order valence-electron chi connectivity index (χ1n) is 7.58. The molecule has 108 valence electrons. The zero-order chi connectivity index (χ0) is 13.9. The molecule has 0 bridgehead atoms. The predicted octanol–water partition coefficient (Wildman–Crippen LogP) is 2.16. The molecule has 4 nitrogen and oxygen atoms in total. The lowest BCUT2D eigenvalue weighted by atomic mass is 10.0. The molecule has 0 radical (unpaired) electrons. The van der Waals surface area contributed by atoms with Gasteiger partial charge in [0.2, 0.25) is 5.91 Å². The van der Waals surface area contributed by atoms with Crippen LogP contribution in [0.4, 0.5) is 5.69 Å². The first-order valence-corrected chi connectivity index (χ1v) is 7.58. The fraction of sp³-hybridized carbons (Fsp3) is 0.562. The van der Waals surface area contributed by atoms with E-state index in [2.05, 4.69) is 4.90 Å². The summed E-state index contributed by atoms with van der Waals surface area (Å²) in [6.07, 6.45) is 5.60. The van der Waals surface area contributed by atoms with Crippen LogP contribution in [0.3, 0.4) is 0 Å². The third kappa shape index (κ3) is 2.74. The van der Waals surface area contributed by atoms with Crippen LogP contribution >= 0.6 is 0 Å². The Hall–Kier alpha value is -1.71. The number of piperidine rings is 1. The molecule has 1 fully saturated rings. The number of carbonyl (C=O) groups excluding carboxylic acids is 1. The van der Waals surface area contributed by atoms with E-state index in [1.54, 1.807) is 12.1 Å². The van der Waals surface area contributed by atoms with Crippen molar-refractivity contribution in [1.82, 2.24) is 4.90 Å². The summed E-state index contributed by atoms with van der Waals surface area (Å²) in [7, 11) is 0. The Morgan fingerprint density at radius 3 is 2.70 bits per heavy atom. The van der Waals surface area contributed by atoms with Gasteiger partial charge in [-0.2, -0.15) is 0 Å². The van der Waals surface area contributed by atoms with Crippen LogP contribution in [0.5, 0.6) is 5.75 Å². The highest BCUT2D eigenvalue weighted by atomic mass is 16.3. The first-order chi connectivity index (χ1) is 9.74. The van der Waals surface area contributed by atoms with Crippen molar-refractivity contribution in [3.05, 3.63) is 23.8 Å². The summed E-state index contributed by atoms with van der Waals surface area (Å²) in [4.78, 5) is 16.5. The van der Waals surface area contributed by atoms with Gasteiger partial charge in [-0.1, -0.05) is 6.07 Å². The van der Waals surface area contributed by atoms with Gasteiger partial charge in [0, 0.05) is 31.4 Å². The average molecular weight is 274 g/mol. The van der Waals surface area contributed by atoms with E-state index >= 15 is 0 Å². The largest absolute Gasteiger partial charge is 0.508 e. The summed E-state index contributed by atoms with van der Waals surface area (Å²) in [5.74, 6) is 0.502. The van der Waals surface area contributed by atoms with Crippen molar-refractivity contribution < 1.29 is 9.90 Å². The Labute approximate surface area is 120 Å². The number of fused-ring (bicyclic) bond motifs is 1. The Kier molecular flexibility index (Phi) is 3.81. The van der Waals surface area contributed by atoms with Gasteiger partial charge in [-0.05, 0) is 43.7 Å². The van der Waals surface area contributed by atoms with Crippen molar-refractivity contribution in [2.45, 2.75) is 32.1 Å². The lowest BCUT2D eigenvalue weighted by molar-refractivity contribution is -0.130. The molecule has 4 heteroatoms. The molecule has 2 aliphatic rings. The van der Waals surface area contributed by atoms with E-state index in [1.165, 1.54) is 12.0 Å². The third-order valence-electron chi connectivity index (χ3n) is 4.32. The van der Waals surface area contributed by atoms with Gasteiger partial charge in [-0.25, -0.2) is 0 Å². The molecular weight excluding hydrogens is 252 g/mol. The minimum atomic E-state index is 0.223. The Morgan fingerprint density at radius 2 is 1.90 bits per heavy atom. The number of phenols is 1. The lowest BCUT2D eigenvalue weighted by Crippen LogP contribution is -2.44. The number of anilines is 1. The number of amides is 1. The number of benzene rings is 1. The SMILES string of the molecule is O=C(CN1CCCc2ccc(O)cc21)N1CCCCC1. The fourth-order valence-electron chi connectivity index (χ4n) is 3.21. The summed E-state index contributed by atoms with van der Waals surface area (Å²) >= 11 is 0. The van der Waals surface area contributed by atoms with Crippen LogP contribution in [-0.4, -0.2) is 42.1 Å². The molecule has 2 aliphatic heterocycles. The molecule has 1 amide bonds. The minimum absolute atomic E-state index is 0.223. The Bertz CT molecular complexity index is 495. The third-order valence-corrected chi connectivity index (χ3v) is 4.32. The van der Waals surface area contributed by atoms with Gasteiger partial charge in [0.05, 0.1) is 6.54 Å². The molecule has 0 aromatic heterocycles. The van der Waals surface area contributed by atoms with E-state index in [-0.39, 0.29) is 11.7 Å². The van der Waals surface area contributed by atoms with E-state index in [0.29, 0.717) is 6.54 Å². The molecule has 1 N–H and O–H groups in total. The number of aromatic hydroxyl groups is 1. The van der Waals surface area contributed by atoms with Crippen LogP contribution in [0.15, 0.2) is 18.2 Å². The zero-order valence-corrected chi connectivity index (χ0v) is 11.8. The monoisotopic (exact) mass is 274 g/mol. The molecule has 0 saturated carbocycles. The highest BCUT2D eigenvalue weighted by Crippen LogP contribution is 2.30. The van der Waals surface area contributed by atoms with Crippen molar-refractivity contribution in [3.8, 4) is 5.75 Å². The van der Waals surface area contributed by atoms with Crippen LogP contribution in [0.25, 0.3) is 0 Å². The second-order valence-corrected chi connectivity index (χ2v) is 5.78. The van der Waals surface area contributed by atoms with Crippen LogP contribution < -0.4 is 4.90 Å². The number of likely N-dealkylation sites (tertiary alicyclic amines) is 1. The van der Waals surface area contributed by atoms with Crippen molar-refractivity contribution >= 4 is 11.6 Å². The van der Waals surface area contributed by atoms with Crippen LogP contribution in [0.1, 0.15) is 31.2 Å². The highest BCUT2D eigenvalue weighted by molar-refractivity contribution is 5.82. The summed E-state index contributed by atoms with van der Waals surface area (Å²) in [6.45, 7) is 3.14. The molecule has 0 aliphatic carbocycles. The quantitative estimate of drug-likeness (QED) is 0.898. The average Bonchev–Trinajstić information content (AvgIpc) is 2.49. The number of rotatable bonds is 2. The molecule has 1 aromatic carbocycles. The molecule has 1 aromatic rings. The van der Waals surface area contributed by atoms with Crippen LogP contribution in [0.2, 0.25) is 0 Å². The van der Waals surface area contributed by atoms with E-state index in [9.17, 15) is 9.90 Å². The van der Waals surface area contributed by atoms with E-state index in [0.717, 1.165) is 51.0 Å². The maximum absolute atomic E-state index is 12.4. The molecule has 0 unspecified atom stereocenters. The van der Waals surface area contributed by atoms with Gasteiger partial charge in [0.15, 0.2) is 0 Å². The number of nitrogens with zero attached hydrogens (tertiary/aromatic N) is 2. The van der Waals surface area contributed by atoms with E-state index < -0.39 is 0 Å². The van der Waals surface area contributed by atoms with Gasteiger partial charge in [0.25, 0.3) is 0 Å². The highest BCUT2D eigenvalue weighted by Gasteiger charge is 2.23. The molecule has 2 heterocycles. The second-order valence-electron chi connectivity index (χ2n) is 5.78. The van der Waals surface area contributed by atoms with E-state index in [4.69, 9.17) is 0 Å². The molecular formula is C16H22N2O2. The maximum Gasteiger partial charge on any atom is 0.242 e. The second kappa shape index (κ2) is 5.73. The van der Waals surface area contributed by atoms with Crippen molar-refractivity contribution in [2.24, 2.45) is 0 Å². The number of phenolic OH excluding ortho intramolecular Hbond substituents is 1. The van der Waals surface area contributed by atoms with Gasteiger partial charge < -0.3 is 14.9 Å². The lowest BCUT2D eigenvalue weighted by Gasteiger charge is -2.34. The van der Waals surface area contributed by atoms with Gasteiger partial charge in [-0.15, -0.1) is 0 Å². The summed E-state index contributed by atoms with van der Waals surface area (Å²) in [5, 5.41) is 9.67. The molecule has 20 heavy (non-hydrogen) atoms. The summed E-state index contributed by atoms with van der Waals surface area (Å²) in [5.41, 5.74) is 2.27. The topological polar surface area (TPSA) is 43.8 Å².